The summed E-state index contributed by atoms with van der Waals surface area (Å²) in [6.07, 6.45) is 3.01. The molecule has 0 bridgehead atoms. The highest BCUT2D eigenvalue weighted by molar-refractivity contribution is 7.88. The zero-order valence-corrected chi connectivity index (χ0v) is 8.98. The molecule has 1 aliphatic rings. The topological polar surface area (TPSA) is 68.2 Å². The Bertz CT molecular complexity index is 360. The van der Waals surface area contributed by atoms with E-state index in [1.807, 2.05) is 0 Å². The van der Waals surface area contributed by atoms with E-state index in [9.17, 15) is 8.42 Å². The quantitative estimate of drug-likeness (QED) is 0.643. The lowest BCUT2D eigenvalue weighted by Crippen LogP contribution is -2.38. The number of hydrogen-bond donors (Lipinski definition) is 0. The first-order valence-corrected chi connectivity index (χ1v) is 5.65. The molecule has 0 N–H and O–H groups in total. The van der Waals surface area contributed by atoms with Crippen LogP contribution in [0.4, 0.5) is 0 Å². The molecule has 0 aromatic rings. The Morgan fingerprint density at radius 3 is 2.57 bits per heavy atom. The van der Waals surface area contributed by atoms with Gasteiger partial charge in [-0.2, -0.15) is 4.99 Å². The summed E-state index contributed by atoms with van der Waals surface area (Å²) in [5.41, 5.74) is 0. The Morgan fingerprint density at radius 2 is 2.14 bits per heavy atom. The van der Waals surface area contributed by atoms with Crippen LogP contribution in [0.15, 0.2) is 17.3 Å². The van der Waals surface area contributed by atoms with E-state index >= 15 is 0 Å². The van der Waals surface area contributed by atoms with Crippen LogP contribution in [0.1, 0.15) is 0 Å². The van der Waals surface area contributed by atoms with Gasteiger partial charge in [-0.3, -0.25) is 0 Å². The molecule has 0 aromatic carbocycles. The maximum Gasteiger partial charge on any atom is 0.243 e. The van der Waals surface area contributed by atoms with E-state index in [4.69, 9.17) is 9.47 Å². The molecule has 1 heterocycles. The fourth-order valence-corrected chi connectivity index (χ4v) is 1.71. The average molecular weight is 220 g/mol. The highest BCUT2D eigenvalue weighted by Gasteiger charge is 2.25. The number of aliphatic imine (C=N–C) groups is 1. The minimum atomic E-state index is -3.36. The second kappa shape index (κ2) is 3.97. The number of sulfonamides is 1. The first-order valence-electron chi connectivity index (χ1n) is 3.80. The van der Waals surface area contributed by atoms with Crippen LogP contribution in [0.3, 0.4) is 0 Å². The maximum absolute atomic E-state index is 11.2. The van der Waals surface area contributed by atoms with Crippen LogP contribution in [0, 0.1) is 0 Å². The standard InChI is InChI=1S/C7H12N2O4S/c1-12-6-4-5-9(14(3,10)11)7(8-6)13-2/h4-5,7H,1-3H3. The summed E-state index contributed by atoms with van der Waals surface area (Å²) in [6.45, 7) is 0. The van der Waals surface area contributed by atoms with Gasteiger partial charge in [0, 0.05) is 19.4 Å². The Balaban J connectivity index is 2.95. The Kier molecular flexibility index (Phi) is 3.12. The van der Waals surface area contributed by atoms with Crippen molar-refractivity contribution >= 4 is 15.9 Å². The van der Waals surface area contributed by atoms with Gasteiger partial charge in [-0.25, -0.2) is 12.7 Å². The Morgan fingerprint density at radius 1 is 1.50 bits per heavy atom. The highest BCUT2D eigenvalue weighted by atomic mass is 32.2. The van der Waals surface area contributed by atoms with Crippen molar-refractivity contribution in [2.75, 3.05) is 20.5 Å². The summed E-state index contributed by atoms with van der Waals surface area (Å²) in [5.74, 6) is 0.330. The normalized spacial score (nSPS) is 22.1. The molecule has 0 fully saturated rings. The molecule has 0 aromatic heterocycles. The molecule has 0 saturated heterocycles. The number of ether oxygens (including phenoxy) is 2. The van der Waals surface area contributed by atoms with E-state index in [-0.39, 0.29) is 0 Å². The van der Waals surface area contributed by atoms with Crippen LogP contribution in [0.25, 0.3) is 0 Å². The number of methoxy groups -OCH3 is 2. The maximum atomic E-state index is 11.2. The minimum Gasteiger partial charge on any atom is -0.481 e. The number of hydrogen-bond acceptors (Lipinski definition) is 5. The van der Waals surface area contributed by atoms with Gasteiger partial charge in [-0.05, 0) is 0 Å². The smallest absolute Gasteiger partial charge is 0.243 e. The molecule has 0 spiro atoms. The molecule has 0 radical (unpaired) electrons. The molecule has 1 atom stereocenters. The van der Waals surface area contributed by atoms with Crippen molar-refractivity contribution in [3.63, 3.8) is 0 Å². The van der Waals surface area contributed by atoms with Crippen molar-refractivity contribution in [3.8, 4) is 0 Å². The van der Waals surface area contributed by atoms with Gasteiger partial charge in [0.1, 0.15) is 0 Å². The number of nitrogens with zero attached hydrogens (tertiary/aromatic N) is 2. The molecule has 14 heavy (non-hydrogen) atoms. The summed E-state index contributed by atoms with van der Waals surface area (Å²) in [7, 11) is -0.536. The fraction of sp³-hybridized carbons (Fsp3) is 0.571. The molecule has 1 rings (SSSR count). The largest absolute Gasteiger partial charge is 0.481 e. The van der Waals surface area contributed by atoms with Crippen molar-refractivity contribution in [2.24, 2.45) is 4.99 Å². The second-order valence-corrected chi connectivity index (χ2v) is 4.53. The van der Waals surface area contributed by atoms with E-state index < -0.39 is 16.4 Å². The van der Waals surface area contributed by atoms with Crippen molar-refractivity contribution in [2.45, 2.75) is 6.35 Å². The molecular formula is C7H12N2O4S. The molecule has 80 valence electrons. The molecule has 0 saturated carbocycles. The first kappa shape index (κ1) is 11.0. The van der Waals surface area contributed by atoms with E-state index in [0.717, 1.165) is 10.6 Å². The zero-order chi connectivity index (χ0) is 10.8. The summed E-state index contributed by atoms with van der Waals surface area (Å²) in [6, 6.07) is 0. The monoisotopic (exact) mass is 220 g/mol. The highest BCUT2D eigenvalue weighted by Crippen LogP contribution is 2.13. The average Bonchev–Trinajstić information content (AvgIpc) is 2.15. The van der Waals surface area contributed by atoms with E-state index in [1.165, 1.54) is 26.5 Å². The molecule has 1 aliphatic heterocycles. The lowest BCUT2D eigenvalue weighted by atomic mass is 10.5. The second-order valence-electron chi connectivity index (χ2n) is 2.64. The minimum absolute atomic E-state index is 0.330. The predicted octanol–water partition coefficient (Wildman–Crippen LogP) is -0.250. The van der Waals surface area contributed by atoms with E-state index in [1.54, 1.807) is 0 Å². The third-order valence-corrected chi connectivity index (χ3v) is 2.69. The third kappa shape index (κ3) is 2.24. The van der Waals surface area contributed by atoms with Gasteiger partial charge in [0.25, 0.3) is 0 Å². The van der Waals surface area contributed by atoms with Gasteiger partial charge in [0.15, 0.2) is 0 Å². The third-order valence-electron chi connectivity index (χ3n) is 1.62. The predicted molar refractivity (Wildman–Crippen MR) is 51.1 cm³/mol. The lowest BCUT2D eigenvalue weighted by molar-refractivity contribution is 0.0404. The molecular weight excluding hydrogens is 208 g/mol. The van der Waals surface area contributed by atoms with Crippen molar-refractivity contribution in [1.82, 2.24) is 4.31 Å². The van der Waals surface area contributed by atoms with E-state index in [0.29, 0.717) is 5.90 Å². The molecule has 0 aliphatic carbocycles. The summed E-state index contributed by atoms with van der Waals surface area (Å²) < 4.78 is 33.2. The van der Waals surface area contributed by atoms with Crippen molar-refractivity contribution in [3.05, 3.63) is 12.3 Å². The molecule has 6 nitrogen and oxygen atoms in total. The van der Waals surface area contributed by atoms with Crippen LogP contribution in [0.2, 0.25) is 0 Å². The van der Waals surface area contributed by atoms with Crippen LogP contribution < -0.4 is 0 Å². The van der Waals surface area contributed by atoms with Gasteiger partial charge >= 0.3 is 0 Å². The Hall–Kier alpha value is -1.08. The van der Waals surface area contributed by atoms with Gasteiger partial charge in [0.05, 0.1) is 13.4 Å². The van der Waals surface area contributed by atoms with Gasteiger partial charge < -0.3 is 9.47 Å². The molecule has 0 amide bonds. The van der Waals surface area contributed by atoms with Crippen LogP contribution in [-0.4, -0.2) is 45.4 Å². The SMILES string of the molecule is COC1=NC(OC)N(S(C)(=O)=O)C=C1. The van der Waals surface area contributed by atoms with Crippen LogP contribution in [0.5, 0.6) is 0 Å². The van der Waals surface area contributed by atoms with Crippen LogP contribution in [-0.2, 0) is 19.5 Å². The summed E-state index contributed by atoms with van der Waals surface area (Å²) in [5, 5.41) is 0. The van der Waals surface area contributed by atoms with Gasteiger partial charge in [-0.15, -0.1) is 0 Å². The van der Waals surface area contributed by atoms with Crippen molar-refractivity contribution in [1.29, 1.82) is 0 Å². The molecule has 1 unspecified atom stereocenters. The Labute approximate surface area is 82.9 Å². The fourth-order valence-electron chi connectivity index (χ4n) is 0.971. The van der Waals surface area contributed by atoms with Crippen LogP contribution >= 0.6 is 0 Å². The summed E-state index contributed by atoms with van der Waals surface area (Å²) in [4.78, 5) is 3.90. The summed E-state index contributed by atoms with van der Waals surface area (Å²) >= 11 is 0. The van der Waals surface area contributed by atoms with Gasteiger partial charge in [0.2, 0.25) is 22.3 Å². The van der Waals surface area contributed by atoms with Gasteiger partial charge in [-0.1, -0.05) is 0 Å². The van der Waals surface area contributed by atoms with E-state index in [2.05, 4.69) is 4.99 Å². The first-order chi connectivity index (χ1) is 6.49. The van der Waals surface area contributed by atoms with Crippen molar-refractivity contribution < 1.29 is 17.9 Å². The lowest BCUT2D eigenvalue weighted by Gasteiger charge is -2.26. The number of rotatable bonds is 2. The molecule has 7 heteroatoms. The zero-order valence-electron chi connectivity index (χ0n) is 8.17.